The van der Waals surface area contributed by atoms with E-state index >= 15 is 0 Å². The van der Waals surface area contributed by atoms with Gasteiger partial charge in [0.05, 0.1) is 28.8 Å². The van der Waals surface area contributed by atoms with Gasteiger partial charge in [-0.2, -0.15) is 31.6 Å². The lowest BCUT2D eigenvalue weighted by Crippen LogP contribution is -2.53. The lowest BCUT2D eigenvalue weighted by atomic mass is 9.92. The number of sulfonamides is 1. The van der Waals surface area contributed by atoms with Crippen molar-refractivity contribution in [2.24, 2.45) is 0 Å². The van der Waals surface area contributed by atoms with Gasteiger partial charge in [0.2, 0.25) is 0 Å². The van der Waals surface area contributed by atoms with E-state index in [1.807, 2.05) is 0 Å². The van der Waals surface area contributed by atoms with E-state index in [4.69, 9.17) is 16.9 Å². The van der Waals surface area contributed by atoms with Gasteiger partial charge in [0, 0.05) is 10.6 Å². The molecule has 0 saturated heterocycles. The van der Waals surface area contributed by atoms with Crippen LogP contribution in [0.15, 0.2) is 77.7 Å². The molecule has 1 N–H and O–H groups in total. The second-order valence-electron chi connectivity index (χ2n) is 7.53. The Balaban J connectivity index is 2.14. The van der Waals surface area contributed by atoms with Gasteiger partial charge in [-0.15, -0.1) is 0 Å². The predicted octanol–water partition coefficient (Wildman–Crippen LogP) is 5.92. The fourth-order valence-electron chi connectivity index (χ4n) is 3.28. The second kappa shape index (κ2) is 9.65. The summed E-state index contributed by atoms with van der Waals surface area (Å²) < 4.78 is 107. The van der Waals surface area contributed by atoms with Gasteiger partial charge in [-0.25, -0.2) is 8.42 Å². The zero-order valence-corrected chi connectivity index (χ0v) is 19.4. The van der Waals surface area contributed by atoms with Crippen LogP contribution in [0.4, 0.5) is 32.0 Å². The molecular formula is C23H15ClF6N2O3S. The van der Waals surface area contributed by atoms with Crippen LogP contribution >= 0.6 is 11.6 Å². The molecule has 0 unspecified atom stereocenters. The summed E-state index contributed by atoms with van der Waals surface area (Å²) in [4.78, 5) is -0.332. The average molecular weight is 549 g/mol. The van der Waals surface area contributed by atoms with E-state index in [-0.39, 0.29) is 22.7 Å². The Morgan fingerprint density at radius 3 is 1.94 bits per heavy atom. The predicted molar refractivity (Wildman–Crippen MR) is 118 cm³/mol. The molecule has 0 fully saturated rings. The average Bonchev–Trinajstić information content (AvgIpc) is 2.81. The molecule has 0 atom stereocenters. The summed E-state index contributed by atoms with van der Waals surface area (Å²) in [6, 6.07) is 14.8. The molecule has 3 aromatic carbocycles. The van der Waals surface area contributed by atoms with Gasteiger partial charge in [0.1, 0.15) is 0 Å². The van der Waals surface area contributed by atoms with E-state index in [1.54, 1.807) is 6.07 Å². The Morgan fingerprint density at radius 2 is 1.44 bits per heavy atom. The molecule has 0 radical (unpaired) electrons. The number of benzene rings is 3. The normalized spacial score (nSPS) is 12.8. The molecule has 0 bridgehead atoms. The SMILES string of the molecule is N#Cc1cccc(S(=O)(=O)N(Cc2ccc(Cl)cc2)c2ccc(C(O)(C(F)(F)F)C(F)(F)F)cc2)c1. The molecule has 13 heteroatoms. The minimum absolute atomic E-state index is 0.0123. The van der Waals surface area contributed by atoms with Crippen molar-refractivity contribution in [3.63, 3.8) is 0 Å². The lowest BCUT2D eigenvalue weighted by molar-refractivity contribution is -0.376. The van der Waals surface area contributed by atoms with Crippen molar-refractivity contribution >= 4 is 27.3 Å². The van der Waals surface area contributed by atoms with Gasteiger partial charge >= 0.3 is 12.4 Å². The Morgan fingerprint density at radius 1 is 0.889 bits per heavy atom. The van der Waals surface area contributed by atoms with E-state index in [0.29, 0.717) is 22.7 Å². The maximum atomic E-state index is 13.5. The van der Waals surface area contributed by atoms with Crippen molar-refractivity contribution in [2.45, 2.75) is 29.4 Å². The highest BCUT2D eigenvalue weighted by Gasteiger charge is 2.71. The number of nitriles is 1. The van der Waals surface area contributed by atoms with Gasteiger partial charge in [-0.05, 0) is 48.0 Å². The van der Waals surface area contributed by atoms with Gasteiger partial charge in [-0.3, -0.25) is 4.31 Å². The molecule has 0 aliphatic heterocycles. The number of halogens is 7. The molecule has 0 spiro atoms. The highest BCUT2D eigenvalue weighted by Crippen LogP contribution is 2.50. The number of hydrogen-bond donors (Lipinski definition) is 1. The number of nitrogens with zero attached hydrogens (tertiary/aromatic N) is 2. The molecule has 0 aliphatic carbocycles. The number of rotatable bonds is 6. The van der Waals surface area contributed by atoms with Gasteiger partial charge in [0.15, 0.2) is 0 Å². The Bertz CT molecular complexity index is 1370. The third-order valence-corrected chi connectivity index (χ3v) is 7.21. The molecular weight excluding hydrogens is 534 g/mol. The summed E-state index contributed by atoms with van der Waals surface area (Å²) in [5, 5.41) is 19.1. The lowest BCUT2D eigenvalue weighted by Gasteiger charge is -2.33. The fourth-order valence-corrected chi connectivity index (χ4v) is 4.91. The number of alkyl halides is 6. The summed E-state index contributed by atoms with van der Waals surface area (Å²) >= 11 is 5.85. The zero-order valence-electron chi connectivity index (χ0n) is 17.8. The van der Waals surface area contributed by atoms with Crippen LogP contribution in [-0.2, 0) is 22.2 Å². The van der Waals surface area contributed by atoms with E-state index in [1.165, 1.54) is 42.5 Å². The van der Waals surface area contributed by atoms with Crippen LogP contribution in [0, 0.1) is 11.3 Å². The third-order valence-electron chi connectivity index (χ3n) is 5.18. The first-order chi connectivity index (χ1) is 16.6. The van der Waals surface area contributed by atoms with Crippen molar-refractivity contribution in [1.82, 2.24) is 0 Å². The maximum Gasteiger partial charge on any atom is 0.430 e. The monoisotopic (exact) mass is 548 g/mol. The molecule has 0 amide bonds. The molecule has 5 nitrogen and oxygen atoms in total. The molecule has 0 aliphatic rings. The number of anilines is 1. The fraction of sp³-hybridized carbons (Fsp3) is 0.174. The smallest absolute Gasteiger partial charge is 0.369 e. The van der Waals surface area contributed by atoms with Gasteiger partial charge < -0.3 is 5.11 Å². The van der Waals surface area contributed by atoms with Crippen molar-refractivity contribution in [1.29, 1.82) is 5.26 Å². The van der Waals surface area contributed by atoms with Crippen LogP contribution in [0.1, 0.15) is 16.7 Å². The molecule has 0 heterocycles. The van der Waals surface area contributed by atoms with Crippen LogP contribution in [0.3, 0.4) is 0 Å². The first-order valence-corrected chi connectivity index (χ1v) is 11.7. The van der Waals surface area contributed by atoms with E-state index in [0.717, 1.165) is 22.5 Å². The van der Waals surface area contributed by atoms with Gasteiger partial charge in [-0.1, -0.05) is 41.9 Å². The molecule has 3 aromatic rings. The largest absolute Gasteiger partial charge is 0.430 e. The second-order valence-corrected chi connectivity index (χ2v) is 9.83. The van der Waals surface area contributed by atoms with E-state index in [2.05, 4.69) is 0 Å². The third kappa shape index (κ3) is 5.13. The molecule has 0 saturated carbocycles. The number of aliphatic hydroxyl groups is 1. The molecule has 3 rings (SSSR count). The van der Waals surface area contributed by atoms with Gasteiger partial charge in [0.25, 0.3) is 15.6 Å². The molecule has 190 valence electrons. The van der Waals surface area contributed by atoms with E-state index in [9.17, 15) is 39.9 Å². The number of hydrogen-bond acceptors (Lipinski definition) is 4. The Hall–Kier alpha value is -3.27. The van der Waals surface area contributed by atoms with E-state index < -0.39 is 33.5 Å². The van der Waals surface area contributed by atoms with Crippen LogP contribution in [0.25, 0.3) is 0 Å². The highest BCUT2D eigenvalue weighted by molar-refractivity contribution is 7.92. The summed E-state index contributed by atoms with van der Waals surface area (Å²) in [7, 11) is -4.46. The Labute approximate surface area is 206 Å². The summed E-state index contributed by atoms with van der Waals surface area (Å²) in [5.41, 5.74) is -6.59. The minimum Gasteiger partial charge on any atom is -0.369 e. The van der Waals surface area contributed by atoms with Crippen LogP contribution < -0.4 is 4.31 Å². The van der Waals surface area contributed by atoms with Crippen molar-refractivity contribution in [3.8, 4) is 6.07 Å². The quantitative estimate of drug-likeness (QED) is 0.388. The van der Waals surface area contributed by atoms with Crippen molar-refractivity contribution < 1.29 is 39.9 Å². The first-order valence-electron chi connectivity index (χ1n) is 9.85. The zero-order chi connectivity index (χ0) is 26.9. The van der Waals surface area contributed by atoms with Crippen molar-refractivity contribution in [3.05, 3.63) is 94.5 Å². The molecule has 0 aromatic heterocycles. The topological polar surface area (TPSA) is 81.4 Å². The standard InChI is InChI=1S/C23H15ClF6N2O3S/c24-18-8-4-15(5-9-18)14-32(36(34,35)20-3-1-2-16(12-20)13-31)19-10-6-17(7-11-19)21(33,22(25,26)27)23(28,29)30/h1-12,33H,14H2. The maximum absolute atomic E-state index is 13.5. The summed E-state index contributed by atoms with van der Waals surface area (Å²) in [5.74, 6) is 0. The van der Waals surface area contributed by atoms with Crippen LogP contribution in [0.2, 0.25) is 5.02 Å². The van der Waals surface area contributed by atoms with Crippen LogP contribution in [-0.4, -0.2) is 25.9 Å². The van der Waals surface area contributed by atoms with Crippen LogP contribution in [0.5, 0.6) is 0 Å². The Kier molecular flexibility index (Phi) is 7.32. The first kappa shape index (κ1) is 27.3. The summed E-state index contributed by atoms with van der Waals surface area (Å²) in [6.07, 6.45) is -12.2. The summed E-state index contributed by atoms with van der Waals surface area (Å²) in [6.45, 7) is -0.377. The molecule has 36 heavy (non-hydrogen) atoms. The highest BCUT2D eigenvalue weighted by atomic mass is 35.5. The van der Waals surface area contributed by atoms with Crippen molar-refractivity contribution in [2.75, 3.05) is 4.31 Å². The minimum atomic E-state index is -6.10.